The zero-order chi connectivity index (χ0) is 12.5. The van der Waals surface area contributed by atoms with Gasteiger partial charge in [0.25, 0.3) is 0 Å². The third-order valence-electron chi connectivity index (χ3n) is 2.17. The summed E-state index contributed by atoms with van der Waals surface area (Å²) in [6.45, 7) is 0. The predicted octanol–water partition coefficient (Wildman–Crippen LogP) is 2.99. The fourth-order valence-electron chi connectivity index (χ4n) is 1.49. The van der Waals surface area contributed by atoms with Crippen molar-refractivity contribution in [3.63, 3.8) is 0 Å². The van der Waals surface area contributed by atoms with Crippen LogP contribution in [0.15, 0.2) is 36.7 Å². The van der Waals surface area contributed by atoms with E-state index in [-0.39, 0.29) is 5.75 Å². The van der Waals surface area contributed by atoms with Gasteiger partial charge in [-0.05, 0) is 12.1 Å². The lowest BCUT2D eigenvalue weighted by atomic mass is 10.2. The molecule has 1 aromatic carbocycles. The fraction of sp³-hybridized carbons (Fsp3) is 0.182. The lowest BCUT2D eigenvalue weighted by Gasteiger charge is -2.12. The molecule has 0 amide bonds. The molecule has 90 valence electrons. The quantitative estimate of drug-likeness (QED) is 0.809. The molecule has 1 aromatic heterocycles. The van der Waals surface area contributed by atoms with Crippen molar-refractivity contribution in [2.24, 2.45) is 7.05 Å². The maximum atomic E-state index is 12.2. The molecule has 0 radical (unpaired) electrons. The van der Waals surface area contributed by atoms with E-state index in [2.05, 4.69) is 9.72 Å². The molecule has 6 heteroatoms. The number of hydrogen-bond donors (Lipinski definition) is 0. The number of nitrogens with zero attached hydrogens (tertiary/aromatic N) is 2. The number of aryl methyl sites for hydroxylation is 1. The third-order valence-corrected chi connectivity index (χ3v) is 2.17. The second-order valence-electron chi connectivity index (χ2n) is 3.41. The first kappa shape index (κ1) is 11.5. The number of alkyl halides is 3. The molecular formula is C11H9F3N2O. The first-order valence-electron chi connectivity index (χ1n) is 4.80. The van der Waals surface area contributed by atoms with Crippen LogP contribution in [-0.4, -0.2) is 15.9 Å². The van der Waals surface area contributed by atoms with Crippen molar-refractivity contribution in [2.75, 3.05) is 0 Å². The molecule has 0 spiro atoms. The van der Waals surface area contributed by atoms with Crippen molar-refractivity contribution >= 4 is 0 Å². The maximum Gasteiger partial charge on any atom is 0.573 e. The van der Waals surface area contributed by atoms with E-state index < -0.39 is 6.36 Å². The summed E-state index contributed by atoms with van der Waals surface area (Å²) in [5.74, 6) is 0.166. The van der Waals surface area contributed by atoms with Crippen LogP contribution in [0.5, 0.6) is 5.75 Å². The average molecular weight is 242 g/mol. The van der Waals surface area contributed by atoms with Gasteiger partial charge in [0, 0.05) is 19.4 Å². The Morgan fingerprint density at radius 2 is 1.94 bits per heavy atom. The topological polar surface area (TPSA) is 27.1 Å². The van der Waals surface area contributed by atoms with E-state index in [1.165, 1.54) is 24.4 Å². The predicted molar refractivity (Wildman–Crippen MR) is 55.3 cm³/mol. The Morgan fingerprint density at radius 1 is 1.24 bits per heavy atom. The highest BCUT2D eigenvalue weighted by Gasteiger charge is 2.32. The van der Waals surface area contributed by atoms with Crippen LogP contribution in [0.4, 0.5) is 13.2 Å². The molecule has 0 atom stereocenters. The molecule has 0 aliphatic heterocycles. The van der Waals surface area contributed by atoms with E-state index in [1.54, 1.807) is 23.9 Å². The first-order valence-corrected chi connectivity index (χ1v) is 4.80. The number of para-hydroxylation sites is 1. The Hall–Kier alpha value is -1.98. The molecule has 0 aliphatic rings. The highest BCUT2D eigenvalue weighted by Crippen LogP contribution is 2.32. The smallest absolute Gasteiger partial charge is 0.405 e. The molecule has 0 aliphatic carbocycles. The summed E-state index contributed by atoms with van der Waals surface area (Å²) in [5, 5.41) is 0. The van der Waals surface area contributed by atoms with Gasteiger partial charge in [-0.15, -0.1) is 13.2 Å². The third kappa shape index (κ3) is 2.58. The van der Waals surface area contributed by atoms with Gasteiger partial charge in [0.15, 0.2) is 0 Å². The van der Waals surface area contributed by atoms with Crippen LogP contribution in [0.25, 0.3) is 11.4 Å². The van der Waals surface area contributed by atoms with Gasteiger partial charge >= 0.3 is 6.36 Å². The van der Waals surface area contributed by atoms with Crippen molar-refractivity contribution in [3.8, 4) is 17.1 Å². The number of hydrogen-bond acceptors (Lipinski definition) is 2. The summed E-state index contributed by atoms with van der Waals surface area (Å²) in [6, 6.07) is 5.90. The zero-order valence-corrected chi connectivity index (χ0v) is 8.90. The first-order chi connectivity index (χ1) is 7.97. The van der Waals surface area contributed by atoms with Crippen molar-refractivity contribution in [2.45, 2.75) is 6.36 Å². The molecule has 2 aromatic rings. The van der Waals surface area contributed by atoms with Gasteiger partial charge in [0.1, 0.15) is 11.6 Å². The van der Waals surface area contributed by atoms with E-state index in [0.717, 1.165) is 0 Å². The van der Waals surface area contributed by atoms with Gasteiger partial charge in [-0.1, -0.05) is 12.1 Å². The van der Waals surface area contributed by atoms with Gasteiger partial charge in [-0.2, -0.15) is 0 Å². The lowest BCUT2D eigenvalue weighted by molar-refractivity contribution is -0.274. The summed E-state index contributed by atoms with van der Waals surface area (Å²) in [5.41, 5.74) is 0.303. The monoisotopic (exact) mass is 242 g/mol. The van der Waals surface area contributed by atoms with E-state index in [4.69, 9.17) is 0 Å². The van der Waals surface area contributed by atoms with Gasteiger partial charge < -0.3 is 9.30 Å². The summed E-state index contributed by atoms with van der Waals surface area (Å²) in [6.07, 6.45) is -1.54. The molecule has 1 heterocycles. The molecule has 0 fully saturated rings. The van der Waals surface area contributed by atoms with Gasteiger partial charge in [-0.3, -0.25) is 0 Å². The average Bonchev–Trinajstić information content (AvgIpc) is 2.63. The molecule has 0 saturated carbocycles. The standard InChI is InChI=1S/C11H9F3N2O/c1-16-7-6-15-10(16)8-4-2-3-5-9(8)17-11(12,13)14/h2-7H,1H3. The Labute approximate surface area is 95.5 Å². The highest BCUT2D eigenvalue weighted by atomic mass is 19.4. The Balaban J connectivity index is 2.45. The van der Waals surface area contributed by atoms with Crippen LogP contribution in [0.1, 0.15) is 0 Å². The fourth-order valence-corrected chi connectivity index (χ4v) is 1.49. The van der Waals surface area contributed by atoms with Crippen molar-refractivity contribution in [1.82, 2.24) is 9.55 Å². The van der Waals surface area contributed by atoms with Crippen molar-refractivity contribution in [3.05, 3.63) is 36.7 Å². The summed E-state index contributed by atoms with van der Waals surface area (Å²) in [4.78, 5) is 3.99. The minimum atomic E-state index is -4.71. The molecule has 0 bridgehead atoms. The van der Waals surface area contributed by atoms with E-state index in [0.29, 0.717) is 11.4 Å². The Morgan fingerprint density at radius 3 is 2.53 bits per heavy atom. The largest absolute Gasteiger partial charge is 0.573 e. The number of ether oxygens (including phenoxy) is 1. The van der Waals surface area contributed by atoms with E-state index >= 15 is 0 Å². The van der Waals surface area contributed by atoms with Gasteiger partial charge in [0.2, 0.25) is 0 Å². The lowest BCUT2D eigenvalue weighted by Crippen LogP contribution is -2.17. The maximum absolute atomic E-state index is 12.2. The van der Waals surface area contributed by atoms with E-state index in [1.807, 2.05) is 0 Å². The summed E-state index contributed by atoms with van der Waals surface area (Å²) >= 11 is 0. The van der Waals surface area contributed by atoms with Crippen LogP contribution in [-0.2, 0) is 7.05 Å². The van der Waals surface area contributed by atoms with Gasteiger partial charge in [-0.25, -0.2) is 4.98 Å². The van der Waals surface area contributed by atoms with Crippen molar-refractivity contribution < 1.29 is 17.9 Å². The number of imidazole rings is 1. The van der Waals surface area contributed by atoms with Crippen LogP contribution < -0.4 is 4.74 Å². The van der Waals surface area contributed by atoms with Crippen LogP contribution in [0.3, 0.4) is 0 Å². The van der Waals surface area contributed by atoms with Crippen molar-refractivity contribution in [1.29, 1.82) is 0 Å². The molecule has 17 heavy (non-hydrogen) atoms. The molecule has 3 nitrogen and oxygen atoms in total. The molecule has 2 rings (SSSR count). The number of rotatable bonds is 2. The zero-order valence-electron chi connectivity index (χ0n) is 8.90. The Bertz CT molecular complexity index is 519. The Kier molecular flexibility index (Phi) is 2.79. The normalized spacial score (nSPS) is 11.5. The second kappa shape index (κ2) is 4.12. The molecule has 0 saturated heterocycles. The molecule has 0 unspecified atom stereocenters. The number of aromatic nitrogens is 2. The number of halogens is 3. The van der Waals surface area contributed by atoms with E-state index in [9.17, 15) is 13.2 Å². The summed E-state index contributed by atoms with van der Waals surface area (Å²) < 4.78 is 42.2. The minimum Gasteiger partial charge on any atom is -0.405 e. The second-order valence-corrected chi connectivity index (χ2v) is 3.41. The molecule has 0 N–H and O–H groups in total. The molecular weight excluding hydrogens is 233 g/mol. The van der Waals surface area contributed by atoms with Crippen LogP contribution in [0, 0.1) is 0 Å². The van der Waals surface area contributed by atoms with Crippen LogP contribution in [0.2, 0.25) is 0 Å². The van der Waals surface area contributed by atoms with Gasteiger partial charge in [0.05, 0.1) is 5.56 Å². The van der Waals surface area contributed by atoms with Crippen LogP contribution >= 0.6 is 0 Å². The number of benzene rings is 1. The SMILES string of the molecule is Cn1ccnc1-c1ccccc1OC(F)(F)F. The minimum absolute atomic E-state index is 0.255. The summed E-state index contributed by atoms with van der Waals surface area (Å²) in [7, 11) is 1.70. The highest BCUT2D eigenvalue weighted by molar-refractivity contribution is 5.64.